The third kappa shape index (κ3) is 3.20. The number of carbonyl (C=O) groups excluding carboxylic acids is 2. The van der Waals surface area contributed by atoms with E-state index in [4.69, 9.17) is 15.7 Å². The van der Waals surface area contributed by atoms with E-state index >= 15 is 0 Å². The first-order chi connectivity index (χ1) is 12.7. The number of benzene rings is 1. The van der Waals surface area contributed by atoms with E-state index in [0.29, 0.717) is 5.56 Å². The molecule has 0 saturated carbocycles. The van der Waals surface area contributed by atoms with E-state index in [2.05, 4.69) is 4.84 Å². The summed E-state index contributed by atoms with van der Waals surface area (Å²) in [5.41, 5.74) is -5.46. The predicted octanol–water partition coefficient (Wildman–Crippen LogP) is -3.03. The fourth-order valence-corrected chi connectivity index (χ4v) is 3.02. The standard InChI is InChI=1S/C16H19NO10/c17-27-12-11(21)13(22)26-16(12,15(25,7-19)14(23)24)9-3-1-8(2-4-9)5-10(20)6-18/h1-4,10,12,18-20,25H,5-7,17H2,(H,23,24)/t10?,12?,15-,16+/m1/s1. The van der Waals surface area contributed by atoms with Crippen LogP contribution in [0.2, 0.25) is 0 Å². The molecule has 1 heterocycles. The molecule has 7 N–H and O–H groups in total. The van der Waals surface area contributed by atoms with E-state index in [1.165, 1.54) is 24.3 Å². The molecular formula is C16H19NO10. The van der Waals surface area contributed by atoms with Crippen molar-refractivity contribution in [2.75, 3.05) is 13.2 Å². The number of cyclic esters (lactones) is 1. The summed E-state index contributed by atoms with van der Waals surface area (Å²) in [7, 11) is 0. The fourth-order valence-electron chi connectivity index (χ4n) is 3.02. The molecule has 0 spiro atoms. The molecule has 1 fully saturated rings. The van der Waals surface area contributed by atoms with Crippen LogP contribution in [-0.4, -0.2) is 74.3 Å². The van der Waals surface area contributed by atoms with Crippen LogP contribution in [0.15, 0.2) is 24.3 Å². The van der Waals surface area contributed by atoms with Crippen LogP contribution in [0.4, 0.5) is 0 Å². The molecule has 0 aromatic heterocycles. The number of hydrogen-bond donors (Lipinski definition) is 6. The van der Waals surface area contributed by atoms with Crippen molar-refractivity contribution in [1.29, 1.82) is 0 Å². The second kappa shape index (κ2) is 7.68. The number of carboxylic acids is 1. The first kappa shape index (κ1) is 20.9. The minimum Gasteiger partial charge on any atom is -0.479 e. The number of esters is 1. The van der Waals surface area contributed by atoms with Gasteiger partial charge in [-0.2, -0.15) is 0 Å². The van der Waals surface area contributed by atoms with Crippen LogP contribution in [0.25, 0.3) is 0 Å². The van der Waals surface area contributed by atoms with Crippen LogP contribution >= 0.6 is 0 Å². The molecule has 0 aliphatic carbocycles. The zero-order valence-corrected chi connectivity index (χ0v) is 13.9. The van der Waals surface area contributed by atoms with Crippen molar-refractivity contribution in [3.63, 3.8) is 0 Å². The summed E-state index contributed by atoms with van der Waals surface area (Å²) in [6.07, 6.45) is -3.01. The van der Waals surface area contributed by atoms with E-state index in [-0.39, 0.29) is 12.0 Å². The number of Topliss-reactive ketones (excluding diaryl/α,β-unsaturated/α-hetero) is 1. The van der Waals surface area contributed by atoms with Crippen molar-refractivity contribution in [2.45, 2.75) is 29.8 Å². The van der Waals surface area contributed by atoms with Gasteiger partial charge in [-0.05, 0) is 5.56 Å². The van der Waals surface area contributed by atoms with Gasteiger partial charge >= 0.3 is 11.9 Å². The lowest BCUT2D eigenvalue weighted by molar-refractivity contribution is -0.230. The lowest BCUT2D eigenvalue weighted by atomic mass is 9.73. The third-order valence-corrected chi connectivity index (χ3v) is 4.46. The highest BCUT2D eigenvalue weighted by atomic mass is 16.7. The third-order valence-electron chi connectivity index (χ3n) is 4.46. The molecule has 1 aromatic rings. The summed E-state index contributed by atoms with van der Waals surface area (Å²) in [6, 6.07) is 5.22. The van der Waals surface area contributed by atoms with Gasteiger partial charge in [-0.15, -0.1) is 0 Å². The van der Waals surface area contributed by atoms with Gasteiger partial charge in [0.15, 0.2) is 6.10 Å². The molecule has 2 unspecified atom stereocenters. The van der Waals surface area contributed by atoms with Crippen molar-refractivity contribution < 1.29 is 49.5 Å². The second-order valence-electron chi connectivity index (χ2n) is 6.07. The van der Waals surface area contributed by atoms with Gasteiger partial charge in [0.25, 0.3) is 5.78 Å². The predicted molar refractivity (Wildman–Crippen MR) is 84.7 cm³/mol. The van der Waals surface area contributed by atoms with Crippen molar-refractivity contribution in [2.24, 2.45) is 5.90 Å². The minimum atomic E-state index is -3.15. The number of aliphatic hydroxyl groups excluding tert-OH is 3. The highest BCUT2D eigenvalue weighted by Crippen LogP contribution is 2.45. The number of ether oxygens (including phenoxy) is 1. The van der Waals surface area contributed by atoms with Crippen LogP contribution in [0, 0.1) is 0 Å². The molecule has 2 rings (SSSR count). The highest BCUT2D eigenvalue weighted by Gasteiger charge is 2.71. The number of ketones is 1. The molecule has 148 valence electrons. The van der Waals surface area contributed by atoms with Gasteiger partial charge in [0.2, 0.25) is 11.2 Å². The number of rotatable bonds is 8. The Bertz CT molecular complexity index is 735. The first-order valence-corrected chi connectivity index (χ1v) is 7.75. The topological polar surface area (TPSA) is 197 Å². The van der Waals surface area contributed by atoms with Crippen LogP contribution in [0.1, 0.15) is 11.1 Å². The van der Waals surface area contributed by atoms with Gasteiger partial charge in [-0.25, -0.2) is 15.5 Å². The van der Waals surface area contributed by atoms with E-state index < -0.39 is 54.3 Å². The maximum Gasteiger partial charge on any atom is 0.378 e. The SMILES string of the molecule is NOC1C(=O)C(=O)O[C@]1(c1ccc(CC(O)CO)cc1)[C@@](O)(CO)C(=O)O. The van der Waals surface area contributed by atoms with Crippen LogP contribution < -0.4 is 5.90 Å². The monoisotopic (exact) mass is 385 g/mol. The number of hydrogen-bond acceptors (Lipinski definition) is 10. The van der Waals surface area contributed by atoms with E-state index in [1.54, 1.807) is 0 Å². The summed E-state index contributed by atoms with van der Waals surface area (Å²) < 4.78 is 4.94. The maximum absolute atomic E-state index is 12.0. The molecule has 0 radical (unpaired) electrons. The van der Waals surface area contributed by atoms with Gasteiger partial charge in [-0.3, -0.25) is 9.63 Å². The van der Waals surface area contributed by atoms with Gasteiger partial charge in [-0.1, -0.05) is 24.3 Å². The molecule has 11 heteroatoms. The lowest BCUT2D eigenvalue weighted by Crippen LogP contribution is -2.65. The average molecular weight is 385 g/mol. The molecule has 11 nitrogen and oxygen atoms in total. The zero-order valence-electron chi connectivity index (χ0n) is 13.9. The fraction of sp³-hybridized carbons (Fsp3) is 0.438. The van der Waals surface area contributed by atoms with Gasteiger partial charge in [0, 0.05) is 12.0 Å². The molecule has 1 aliphatic rings. The Balaban J connectivity index is 2.63. The molecular weight excluding hydrogens is 366 g/mol. The van der Waals surface area contributed by atoms with Crippen molar-refractivity contribution in [3.8, 4) is 0 Å². The van der Waals surface area contributed by atoms with E-state index in [1.807, 2.05) is 0 Å². The van der Waals surface area contributed by atoms with Crippen molar-refractivity contribution in [3.05, 3.63) is 35.4 Å². The molecule has 27 heavy (non-hydrogen) atoms. The first-order valence-electron chi connectivity index (χ1n) is 7.75. The Labute approximate surface area is 152 Å². The Morgan fingerprint density at radius 1 is 1.30 bits per heavy atom. The largest absolute Gasteiger partial charge is 0.479 e. The number of aliphatic hydroxyl groups is 4. The smallest absolute Gasteiger partial charge is 0.378 e. The van der Waals surface area contributed by atoms with E-state index in [9.17, 15) is 34.8 Å². The van der Waals surface area contributed by atoms with Crippen molar-refractivity contribution in [1.82, 2.24) is 0 Å². The summed E-state index contributed by atoms with van der Waals surface area (Å²) in [5, 5.41) is 48.0. The molecule has 1 aliphatic heterocycles. The maximum atomic E-state index is 12.0. The number of carboxylic acid groups (broad SMARTS) is 1. The van der Waals surface area contributed by atoms with Crippen LogP contribution in [-0.2, 0) is 36.0 Å². The Hall–Kier alpha value is -2.41. The average Bonchev–Trinajstić information content (AvgIpc) is 2.92. The molecule has 1 aromatic carbocycles. The van der Waals surface area contributed by atoms with Gasteiger partial charge in [0.05, 0.1) is 19.3 Å². The summed E-state index contributed by atoms with van der Waals surface area (Å²) in [6.45, 7) is -1.90. The number of nitrogens with two attached hydrogens (primary N) is 1. The Kier molecular flexibility index (Phi) is 5.94. The summed E-state index contributed by atoms with van der Waals surface area (Å²) in [5.74, 6) is 0.272. The number of carbonyl (C=O) groups is 3. The molecule has 1 saturated heterocycles. The number of aliphatic carboxylic acids is 1. The zero-order chi connectivity index (χ0) is 20.4. The summed E-state index contributed by atoms with van der Waals surface area (Å²) >= 11 is 0. The lowest BCUT2D eigenvalue weighted by Gasteiger charge is -2.41. The van der Waals surface area contributed by atoms with Crippen LogP contribution in [0.3, 0.4) is 0 Å². The van der Waals surface area contributed by atoms with Crippen LogP contribution in [0.5, 0.6) is 0 Å². The molecule has 0 bridgehead atoms. The van der Waals surface area contributed by atoms with E-state index in [0.717, 1.165) is 0 Å². The summed E-state index contributed by atoms with van der Waals surface area (Å²) in [4.78, 5) is 40.0. The second-order valence-corrected chi connectivity index (χ2v) is 6.07. The highest BCUT2D eigenvalue weighted by molar-refractivity contribution is 6.38. The van der Waals surface area contributed by atoms with Crippen molar-refractivity contribution >= 4 is 17.7 Å². The Morgan fingerprint density at radius 3 is 2.33 bits per heavy atom. The van der Waals surface area contributed by atoms with Gasteiger partial charge < -0.3 is 30.3 Å². The molecule has 0 amide bonds. The Morgan fingerprint density at radius 2 is 1.89 bits per heavy atom. The normalized spacial score (nSPS) is 25.7. The minimum absolute atomic E-state index is 0.0580. The molecule has 4 atom stereocenters. The quantitative estimate of drug-likeness (QED) is 0.151. The van der Waals surface area contributed by atoms with Gasteiger partial charge in [0.1, 0.15) is 0 Å².